The minimum absolute atomic E-state index is 0.0956. The molecule has 6 nitrogen and oxygen atoms in total. The largest absolute Gasteiger partial charge is 0.340 e. The SMILES string of the molecule is CCn1c(NC(=O)C(NC(=O)c2ccccc2F)C(C)C)nc2ccccc21. The summed E-state index contributed by atoms with van der Waals surface area (Å²) in [5, 5.41) is 5.45. The highest BCUT2D eigenvalue weighted by atomic mass is 19.1. The highest BCUT2D eigenvalue weighted by Gasteiger charge is 2.27. The first-order valence-electron chi connectivity index (χ1n) is 9.24. The van der Waals surface area contributed by atoms with Crippen LogP contribution in [0.4, 0.5) is 10.3 Å². The molecular weight excluding hydrogens is 359 g/mol. The maximum atomic E-state index is 13.9. The van der Waals surface area contributed by atoms with Gasteiger partial charge in [-0.25, -0.2) is 9.37 Å². The number of imidazole rings is 1. The molecule has 1 heterocycles. The third-order valence-corrected chi connectivity index (χ3v) is 4.56. The number of benzene rings is 2. The Morgan fingerprint density at radius 2 is 1.79 bits per heavy atom. The lowest BCUT2D eigenvalue weighted by Gasteiger charge is -2.22. The minimum atomic E-state index is -0.836. The summed E-state index contributed by atoms with van der Waals surface area (Å²) >= 11 is 0. The molecule has 1 aromatic heterocycles. The number of rotatable bonds is 6. The Bertz CT molecular complexity index is 1010. The Kier molecular flexibility index (Phi) is 5.73. The molecule has 0 aliphatic carbocycles. The number of nitrogens with zero attached hydrogens (tertiary/aromatic N) is 2. The van der Waals surface area contributed by atoms with E-state index in [-0.39, 0.29) is 11.5 Å². The number of para-hydroxylation sites is 2. The van der Waals surface area contributed by atoms with Gasteiger partial charge in [-0.1, -0.05) is 38.1 Å². The predicted octanol–water partition coefficient (Wildman–Crippen LogP) is 3.59. The first-order chi connectivity index (χ1) is 13.4. The predicted molar refractivity (Wildman–Crippen MR) is 107 cm³/mol. The molecule has 146 valence electrons. The van der Waals surface area contributed by atoms with Gasteiger partial charge in [0.25, 0.3) is 5.91 Å². The summed E-state index contributed by atoms with van der Waals surface area (Å²) in [6.07, 6.45) is 0. The Hall–Kier alpha value is -3.22. The molecular formula is C21H23FN4O2. The fraction of sp³-hybridized carbons (Fsp3) is 0.286. The second-order valence-electron chi connectivity index (χ2n) is 6.83. The van der Waals surface area contributed by atoms with E-state index in [0.29, 0.717) is 12.5 Å². The van der Waals surface area contributed by atoms with Crippen molar-refractivity contribution in [2.75, 3.05) is 5.32 Å². The van der Waals surface area contributed by atoms with Gasteiger partial charge >= 0.3 is 0 Å². The van der Waals surface area contributed by atoms with Gasteiger partial charge in [-0.2, -0.15) is 0 Å². The average molecular weight is 382 g/mol. The number of aryl methyl sites for hydroxylation is 1. The molecule has 0 saturated heterocycles. The Labute approximate surface area is 162 Å². The molecule has 3 rings (SSSR count). The lowest BCUT2D eigenvalue weighted by molar-refractivity contribution is -0.119. The van der Waals surface area contributed by atoms with Crippen molar-refractivity contribution in [1.82, 2.24) is 14.9 Å². The molecule has 7 heteroatoms. The fourth-order valence-electron chi connectivity index (χ4n) is 3.08. The number of carbonyl (C=O) groups excluding carboxylic acids is 2. The van der Waals surface area contributed by atoms with Crippen molar-refractivity contribution in [1.29, 1.82) is 0 Å². The normalized spacial score (nSPS) is 12.2. The van der Waals surface area contributed by atoms with Gasteiger partial charge in [0.2, 0.25) is 11.9 Å². The Balaban J connectivity index is 1.82. The van der Waals surface area contributed by atoms with Crippen LogP contribution >= 0.6 is 0 Å². The standard InChI is InChI=1S/C21H23FN4O2/c1-4-26-17-12-8-7-11-16(17)23-21(26)25-20(28)18(13(2)3)24-19(27)14-9-5-6-10-15(14)22/h5-13,18H,4H2,1-3H3,(H,24,27)(H,23,25,28). The Morgan fingerprint density at radius 3 is 2.46 bits per heavy atom. The van der Waals surface area contributed by atoms with E-state index in [1.54, 1.807) is 6.07 Å². The van der Waals surface area contributed by atoms with Crippen molar-refractivity contribution in [2.45, 2.75) is 33.4 Å². The minimum Gasteiger partial charge on any atom is -0.340 e. The summed E-state index contributed by atoms with van der Waals surface area (Å²) in [7, 11) is 0. The molecule has 0 saturated carbocycles. The number of anilines is 1. The van der Waals surface area contributed by atoms with Crippen LogP contribution in [0.5, 0.6) is 0 Å². The van der Waals surface area contributed by atoms with Crippen LogP contribution in [0.2, 0.25) is 0 Å². The van der Waals surface area contributed by atoms with Gasteiger partial charge < -0.3 is 9.88 Å². The van der Waals surface area contributed by atoms with Gasteiger partial charge in [-0.15, -0.1) is 0 Å². The van der Waals surface area contributed by atoms with Gasteiger partial charge in [0.05, 0.1) is 16.6 Å². The number of hydrogen-bond acceptors (Lipinski definition) is 3. The third kappa shape index (κ3) is 3.88. The first kappa shape index (κ1) is 19.5. The number of aromatic nitrogens is 2. The van der Waals surface area contributed by atoms with Crippen LogP contribution in [0.25, 0.3) is 11.0 Å². The van der Waals surface area contributed by atoms with Crippen LogP contribution in [0, 0.1) is 11.7 Å². The zero-order valence-corrected chi connectivity index (χ0v) is 16.1. The zero-order valence-electron chi connectivity index (χ0n) is 16.1. The van der Waals surface area contributed by atoms with Gasteiger partial charge in [0.1, 0.15) is 11.9 Å². The van der Waals surface area contributed by atoms with E-state index in [4.69, 9.17) is 0 Å². The second-order valence-corrected chi connectivity index (χ2v) is 6.83. The number of halogens is 1. The molecule has 0 aliphatic rings. The smallest absolute Gasteiger partial charge is 0.254 e. The van der Waals surface area contributed by atoms with Gasteiger partial charge in [0.15, 0.2) is 0 Å². The summed E-state index contributed by atoms with van der Waals surface area (Å²) in [5.41, 5.74) is 1.59. The van der Waals surface area contributed by atoms with Crippen molar-refractivity contribution >= 4 is 28.8 Å². The second kappa shape index (κ2) is 8.21. The number of amides is 2. The lowest BCUT2D eigenvalue weighted by Crippen LogP contribution is -2.47. The summed E-state index contributed by atoms with van der Waals surface area (Å²) < 4.78 is 15.8. The maximum Gasteiger partial charge on any atom is 0.254 e. The van der Waals surface area contributed by atoms with E-state index in [9.17, 15) is 14.0 Å². The van der Waals surface area contributed by atoms with Crippen LogP contribution in [0.15, 0.2) is 48.5 Å². The van der Waals surface area contributed by atoms with Crippen molar-refractivity contribution in [3.63, 3.8) is 0 Å². The van der Waals surface area contributed by atoms with Gasteiger partial charge in [0, 0.05) is 6.54 Å². The number of fused-ring (bicyclic) bond motifs is 1. The maximum absolute atomic E-state index is 13.9. The van der Waals surface area contributed by atoms with E-state index < -0.39 is 23.7 Å². The molecule has 0 fully saturated rings. The summed E-state index contributed by atoms with van der Waals surface area (Å²) in [4.78, 5) is 29.8. The van der Waals surface area contributed by atoms with E-state index in [1.165, 1.54) is 18.2 Å². The van der Waals surface area contributed by atoms with E-state index in [1.807, 2.05) is 49.6 Å². The Morgan fingerprint density at radius 1 is 1.11 bits per heavy atom. The zero-order chi connectivity index (χ0) is 20.3. The monoisotopic (exact) mass is 382 g/mol. The molecule has 0 bridgehead atoms. The van der Waals surface area contributed by atoms with Gasteiger partial charge in [-0.05, 0) is 37.1 Å². The number of carbonyl (C=O) groups is 2. The quantitative estimate of drug-likeness (QED) is 0.684. The molecule has 2 amide bonds. The van der Waals surface area contributed by atoms with Crippen molar-refractivity contribution in [2.24, 2.45) is 5.92 Å². The van der Waals surface area contributed by atoms with Crippen LogP contribution in [0.1, 0.15) is 31.1 Å². The highest BCUT2D eigenvalue weighted by molar-refractivity contribution is 6.01. The molecule has 0 radical (unpaired) electrons. The van der Waals surface area contributed by atoms with Crippen molar-refractivity contribution in [3.8, 4) is 0 Å². The average Bonchev–Trinajstić information content (AvgIpc) is 3.02. The molecule has 1 unspecified atom stereocenters. The lowest BCUT2D eigenvalue weighted by atomic mass is 10.0. The van der Waals surface area contributed by atoms with Crippen LogP contribution in [-0.4, -0.2) is 27.4 Å². The number of nitrogens with one attached hydrogen (secondary N) is 2. The summed E-state index contributed by atoms with van der Waals surface area (Å²) in [6.45, 7) is 6.22. The summed E-state index contributed by atoms with van der Waals surface area (Å²) in [6, 6.07) is 12.4. The van der Waals surface area contributed by atoms with Crippen LogP contribution in [0.3, 0.4) is 0 Å². The molecule has 2 aromatic carbocycles. The highest BCUT2D eigenvalue weighted by Crippen LogP contribution is 2.20. The molecule has 3 aromatic rings. The third-order valence-electron chi connectivity index (χ3n) is 4.56. The topological polar surface area (TPSA) is 76.0 Å². The van der Waals surface area contributed by atoms with Crippen LogP contribution in [-0.2, 0) is 11.3 Å². The molecule has 2 N–H and O–H groups in total. The van der Waals surface area contributed by atoms with Gasteiger partial charge in [-0.3, -0.25) is 14.9 Å². The van der Waals surface area contributed by atoms with Crippen molar-refractivity contribution in [3.05, 3.63) is 59.9 Å². The fourth-order valence-corrected chi connectivity index (χ4v) is 3.08. The van der Waals surface area contributed by atoms with E-state index in [0.717, 1.165) is 11.0 Å². The first-order valence-corrected chi connectivity index (χ1v) is 9.24. The van der Waals surface area contributed by atoms with E-state index in [2.05, 4.69) is 15.6 Å². The molecule has 1 atom stereocenters. The van der Waals surface area contributed by atoms with Crippen LogP contribution < -0.4 is 10.6 Å². The molecule has 28 heavy (non-hydrogen) atoms. The summed E-state index contributed by atoms with van der Waals surface area (Å²) in [5.74, 6) is -1.44. The van der Waals surface area contributed by atoms with E-state index >= 15 is 0 Å². The number of hydrogen-bond donors (Lipinski definition) is 2. The van der Waals surface area contributed by atoms with Crippen molar-refractivity contribution < 1.29 is 14.0 Å². The molecule has 0 aliphatic heterocycles. The molecule has 0 spiro atoms.